The summed E-state index contributed by atoms with van der Waals surface area (Å²) in [5.41, 5.74) is 2.97. The van der Waals surface area contributed by atoms with Gasteiger partial charge in [-0.1, -0.05) is 12.1 Å². The van der Waals surface area contributed by atoms with Crippen LogP contribution in [0, 0.1) is 0 Å². The lowest BCUT2D eigenvalue weighted by Crippen LogP contribution is -2.28. The van der Waals surface area contributed by atoms with Crippen LogP contribution < -0.4 is 15.4 Å². The maximum absolute atomic E-state index is 10.1. The second-order valence-corrected chi connectivity index (χ2v) is 10.2. The lowest BCUT2D eigenvalue weighted by molar-refractivity contribution is 0.0577. The van der Waals surface area contributed by atoms with Crippen molar-refractivity contribution in [3.05, 3.63) is 66.9 Å². The number of methoxy groups -OCH3 is 1. The highest BCUT2D eigenvalue weighted by molar-refractivity contribution is 5.89. The summed E-state index contributed by atoms with van der Waals surface area (Å²) in [6.45, 7) is 6.43. The number of benzene rings is 2. The lowest BCUT2D eigenvalue weighted by atomic mass is 10.0. The third-order valence-electron chi connectivity index (χ3n) is 6.58. The van der Waals surface area contributed by atoms with E-state index in [2.05, 4.69) is 53.7 Å². The summed E-state index contributed by atoms with van der Waals surface area (Å²) in [5.74, 6) is 3.19. The van der Waals surface area contributed by atoms with Gasteiger partial charge >= 0.3 is 0 Å². The largest absolute Gasteiger partial charge is 0.495 e. The molecule has 1 aliphatic heterocycles. The van der Waals surface area contributed by atoms with Gasteiger partial charge in [0.05, 0.1) is 37.7 Å². The molecule has 0 saturated heterocycles. The Hall–Kier alpha value is -4.28. The topological polar surface area (TPSA) is 115 Å². The van der Waals surface area contributed by atoms with Gasteiger partial charge < -0.3 is 25.0 Å². The number of ether oxygens (including phenoxy) is 1. The number of nitrogens with one attached hydrogen (secondary N) is 2. The zero-order valence-corrected chi connectivity index (χ0v) is 21.6. The summed E-state index contributed by atoms with van der Waals surface area (Å²) in [5, 5.41) is 32.1. The molecule has 4 heterocycles. The molecule has 2 aromatic carbocycles. The Balaban J connectivity index is 1.26. The van der Waals surface area contributed by atoms with Gasteiger partial charge in [0.2, 0.25) is 0 Å². The average Bonchev–Trinajstić information content (AvgIpc) is 3.55. The van der Waals surface area contributed by atoms with Crippen LogP contribution >= 0.6 is 0 Å². The number of anilines is 2. The van der Waals surface area contributed by atoms with Crippen LogP contribution in [0.4, 0.5) is 11.5 Å². The van der Waals surface area contributed by atoms with Crippen LogP contribution in [0.3, 0.4) is 0 Å². The van der Waals surface area contributed by atoms with E-state index in [4.69, 9.17) is 4.74 Å². The Bertz CT molecular complexity index is 1620. The first-order chi connectivity index (χ1) is 18.4. The Labute approximate surface area is 220 Å². The molecule has 3 N–H and O–H groups in total. The second-order valence-electron chi connectivity index (χ2n) is 10.2. The van der Waals surface area contributed by atoms with Crippen molar-refractivity contribution in [1.29, 1.82) is 0 Å². The van der Waals surface area contributed by atoms with E-state index in [0.29, 0.717) is 18.1 Å². The Morgan fingerprint density at radius 1 is 1.03 bits per heavy atom. The van der Waals surface area contributed by atoms with E-state index in [1.54, 1.807) is 25.6 Å². The number of hydrogen-bond acceptors (Lipinski definition) is 8. The van der Waals surface area contributed by atoms with E-state index in [1.807, 2.05) is 42.9 Å². The fourth-order valence-electron chi connectivity index (χ4n) is 4.76. The monoisotopic (exact) mass is 510 g/mol. The highest BCUT2D eigenvalue weighted by atomic mass is 16.5. The molecular weight excluding hydrogens is 480 g/mol. The maximum atomic E-state index is 10.1. The molecule has 0 bridgehead atoms. The van der Waals surface area contributed by atoms with Gasteiger partial charge in [-0.05, 0) is 55.1 Å². The van der Waals surface area contributed by atoms with Crippen LogP contribution in [0.1, 0.15) is 19.7 Å². The Morgan fingerprint density at radius 3 is 2.74 bits per heavy atom. The predicted octanol–water partition coefficient (Wildman–Crippen LogP) is 3.98. The van der Waals surface area contributed by atoms with E-state index in [0.717, 1.165) is 64.4 Å². The minimum atomic E-state index is -0.829. The van der Waals surface area contributed by atoms with E-state index in [1.165, 1.54) is 0 Å². The average molecular weight is 511 g/mol. The van der Waals surface area contributed by atoms with Crippen LogP contribution in [0.2, 0.25) is 0 Å². The van der Waals surface area contributed by atoms with Gasteiger partial charge in [-0.15, -0.1) is 10.2 Å². The fourth-order valence-corrected chi connectivity index (χ4v) is 4.76. The summed E-state index contributed by atoms with van der Waals surface area (Å²) in [6, 6.07) is 14.2. The molecule has 3 aromatic heterocycles. The molecular formula is C28H30N8O2. The van der Waals surface area contributed by atoms with Gasteiger partial charge in [0, 0.05) is 42.0 Å². The smallest absolute Gasteiger partial charge is 0.164 e. The fraction of sp³-hybridized carbons (Fsp3) is 0.286. The SMILES string of the molecule is COc1cc(-c2nnc3n2CCNC3)ccc1Nc1cc2cc(-c3cnn(CC(C)(C)O)c3)ccc2cn1. The summed E-state index contributed by atoms with van der Waals surface area (Å²) in [7, 11) is 1.66. The molecule has 0 amide bonds. The van der Waals surface area contributed by atoms with Crippen LogP contribution in [0.5, 0.6) is 5.75 Å². The van der Waals surface area contributed by atoms with E-state index >= 15 is 0 Å². The van der Waals surface area contributed by atoms with E-state index < -0.39 is 5.60 Å². The van der Waals surface area contributed by atoms with Crippen molar-refractivity contribution in [3.63, 3.8) is 0 Å². The van der Waals surface area contributed by atoms with Gasteiger partial charge in [-0.3, -0.25) is 4.68 Å². The maximum Gasteiger partial charge on any atom is 0.164 e. The minimum absolute atomic E-state index is 0.427. The second kappa shape index (κ2) is 9.55. The summed E-state index contributed by atoms with van der Waals surface area (Å²) in [4.78, 5) is 4.61. The van der Waals surface area contributed by atoms with E-state index in [-0.39, 0.29) is 0 Å². The molecule has 10 nitrogen and oxygen atoms in total. The Morgan fingerprint density at radius 2 is 1.89 bits per heavy atom. The summed E-state index contributed by atoms with van der Waals surface area (Å²) >= 11 is 0. The molecule has 5 aromatic rings. The van der Waals surface area contributed by atoms with Crippen molar-refractivity contribution in [1.82, 2.24) is 34.8 Å². The highest BCUT2D eigenvalue weighted by Gasteiger charge is 2.18. The van der Waals surface area contributed by atoms with Gasteiger partial charge in [0.25, 0.3) is 0 Å². The van der Waals surface area contributed by atoms with E-state index in [9.17, 15) is 5.11 Å². The van der Waals surface area contributed by atoms with Crippen LogP contribution in [0.15, 0.2) is 61.1 Å². The molecule has 0 atom stereocenters. The molecule has 1 aliphatic rings. The number of hydrogen-bond donors (Lipinski definition) is 3. The molecule has 0 spiro atoms. The zero-order valence-electron chi connectivity index (χ0n) is 21.6. The molecule has 38 heavy (non-hydrogen) atoms. The molecule has 0 fully saturated rings. The van der Waals surface area contributed by atoms with Crippen molar-refractivity contribution in [2.24, 2.45) is 0 Å². The molecule has 0 unspecified atom stereocenters. The number of pyridine rings is 1. The van der Waals surface area contributed by atoms with Gasteiger partial charge in [-0.2, -0.15) is 5.10 Å². The Kier molecular flexibility index (Phi) is 6.05. The van der Waals surface area contributed by atoms with Crippen molar-refractivity contribution >= 4 is 22.3 Å². The number of nitrogens with zero attached hydrogens (tertiary/aromatic N) is 6. The van der Waals surface area contributed by atoms with Crippen LogP contribution in [-0.4, -0.2) is 53.9 Å². The molecule has 0 saturated carbocycles. The zero-order chi connectivity index (χ0) is 26.3. The van der Waals surface area contributed by atoms with Crippen molar-refractivity contribution in [2.45, 2.75) is 39.1 Å². The minimum Gasteiger partial charge on any atom is -0.495 e. The van der Waals surface area contributed by atoms with Gasteiger partial charge in [0.15, 0.2) is 5.82 Å². The predicted molar refractivity (Wildman–Crippen MR) is 146 cm³/mol. The quantitative estimate of drug-likeness (QED) is 0.301. The number of aromatic nitrogens is 6. The molecule has 6 rings (SSSR count). The van der Waals surface area contributed by atoms with Crippen molar-refractivity contribution in [2.75, 3.05) is 19.0 Å². The number of fused-ring (bicyclic) bond motifs is 2. The number of rotatable bonds is 7. The van der Waals surface area contributed by atoms with Gasteiger partial charge in [-0.25, -0.2) is 4.98 Å². The standard InChI is InChI=1S/C28H30N8O2/c1-28(2,37)17-35-16-22(14-31-35)18-4-5-20-13-30-25(12-21(20)10-18)32-23-7-6-19(11-24(23)38-3)27-34-33-26-15-29-8-9-36(26)27/h4-7,10-14,16,29,37H,8-9,15,17H2,1-3H3,(H,30,32). The summed E-state index contributed by atoms with van der Waals surface area (Å²) in [6.07, 6.45) is 5.63. The van der Waals surface area contributed by atoms with Crippen LogP contribution in [0.25, 0.3) is 33.3 Å². The number of aliphatic hydroxyl groups is 1. The van der Waals surface area contributed by atoms with Crippen molar-refractivity contribution < 1.29 is 9.84 Å². The van der Waals surface area contributed by atoms with Crippen molar-refractivity contribution in [3.8, 4) is 28.3 Å². The normalized spacial score (nSPS) is 13.5. The van der Waals surface area contributed by atoms with Gasteiger partial charge in [0.1, 0.15) is 17.4 Å². The summed E-state index contributed by atoms with van der Waals surface area (Å²) < 4.78 is 9.63. The first-order valence-electron chi connectivity index (χ1n) is 12.6. The third-order valence-corrected chi connectivity index (χ3v) is 6.58. The molecule has 0 aliphatic carbocycles. The lowest BCUT2D eigenvalue weighted by Gasteiger charge is -2.17. The molecule has 194 valence electrons. The first kappa shape index (κ1) is 24.1. The van der Waals surface area contributed by atoms with Crippen LogP contribution in [-0.2, 0) is 19.6 Å². The molecule has 0 radical (unpaired) electrons. The molecule has 10 heteroatoms. The highest BCUT2D eigenvalue weighted by Crippen LogP contribution is 2.33. The third kappa shape index (κ3) is 4.83. The first-order valence-corrected chi connectivity index (χ1v) is 12.6.